The lowest BCUT2D eigenvalue weighted by Crippen LogP contribution is -2.03. The van der Waals surface area contributed by atoms with E-state index in [-0.39, 0.29) is 5.56 Å². The molecule has 2 rings (SSSR count). The minimum Gasteiger partial charge on any atom is -0.322 e. The van der Waals surface area contributed by atoms with Gasteiger partial charge in [0, 0.05) is 22.3 Å². The number of aromatic nitrogens is 1. The summed E-state index contributed by atoms with van der Waals surface area (Å²) in [5, 5.41) is 1.19. The lowest BCUT2D eigenvalue weighted by molar-refractivity contribution is 1.24. The van der Waals surface area contributed by atoms with Crippen molar-refractivity contribution in [1.82, 2.24) is 4.98 Å². The number of aromatic amines is 1. The Bertz CT molecular complexity index is 592. The van der Waals surface area contributed by atoms with E-state index in [1.54, 1.807) is 24.3 Å². The van der Waals surface area contributed by atoms with Gasteiger partial charge in [0.15, 0.2) is 0 Å². The maximum Gasteiger partial charge on any atom is 0.248 e. The van der Waals surface area contributed by atoms with Gasteiger partial charge >= 0.3 is 0 Å². The first-order chi connectivity index (χ1) is 7.58. The van der Waals surface area contributed by atoms with Crippen molar-refractivity contribution in [1.29, 1.82) is 0 Å². The van der Waals surface area contributed by atoms with Crippen LogP contribution in [-0.2, 0) is 0 Å². The average Bonchev–Trinajstić information content (AvgIpc) is 2.23. The second kappa shape index (κ2) is 4.50. The molecule has 82 valence electrons. The van der Waals surface area contributed by atoms with Gasteiger partial charge in [-0.3, -0.25) is 4.79 Å². The van der Waals surface area contributed by atoms with Crippen LogP contribution in [0.5, 0.6) is 0 Å². The van der Waals surface area contributed by atoms with Gasteiger partial charge in [0.2, 0.25) is 5.56 Å². The van der Waals surface area contributed by atoms with Gasteiger partial charge in [0.1, 0.15) is 0 Å². The molecule has 0 amide bonds. The van der Waals surface area contributed by atoms with Crippen LogP contribution in [-0.4, -0.2) is 4.98 Å². The highest BCUT2D eigenvalue weighted by molar-refractivity contribution is 6.45. The SMILES string of the molecule is O=c1cccc(-c2cc(Cl)cc(Cl)c2Cl)[nH]1. The van der Waals surface area contributed by atoms with Crippen LogP contribution >= 0.6 is 34.8 Å². The number of pyridine rings is 1. The third-order valence-corrected chi connectivity index (χ3v) is 3.07. The zero-order valence-corrected chi connectivity index (χ0v) is 10.2. The number of nitrogens with one attached hydrogen (secondary N) is 1. The van der Waals surface area contributed by atoms with Crippen molar-refractivity contribution >= 4 is 34.8 Å². The fraction of sp³-hybridized carbons (Fsp3) is 0. The van der Waals surface area contributed by atoms with Gasteiger partial charge in [-0.1, -0.05) is 40.9 Å². The number of halogens is 3. The molecule has 1 aromatic carbocycles. The second-order valence-electron chi connectivity index (χ2n) is 3.18. The lowest BCUT2D eigenvalue weighted by atomic mass is 10.1. The Labute approximate surface area is 107 Å². The fourth-order valence-electron chi connectivity index (χ4n) is 1.36. The molecule has 0 saturated carbocycles. The van der Waals surface area contributed by atoms with Crippen molar-refractivity contribution < 1.29 is 0 Å². The molecule has 0 aliphatic heterocycles. The van der Waals surface area contributed by atoms with Crippen molar-refractivity contribution in [3.8, 4) is 11.3 Å². The molecule has 0 aliphatic carbocycles. The minimum absolute atomic E-state index is 0.204. The number of rotatable bonds is 1. The van der Waals surface area contributed by atoms with E-state index in [1.165, 1.54) is 6.07 Å². The van der Waals surface area contributed by atoms with Gasteiger partial charge in [-0.15, -0.1) is 0 Å². The third-order valence-electron chi connectivity index (χ3n) is 2.05. The van der Waals surface area contributed by atoms with Crippen LogP contribution in [0.3, 0.4) is 0 Å². The number of benzene rings is 1. The van der Waals surface area contributed by atoms with Crippen LogP contribution in [0.15, 0.2) is 35.1 Å². The van der Waals surface area contributed by atoms with E-state index in [9.17, 15) is 4.79 Å². The summed E-state index contributed by atoms with van der Waals surface area (Å²) >= 11 is 17.8. The van der Waals surface area contributed by atoms with Crippen LogP contribution in [0.4, 0.5) is 0 Å². The summed E-state index contributed by atoms with van der Waals surface area (Å²) in [4.78, 5) is 13.8. The van der Waals surface area contributed by atoms with Gasteiger partial charge < -0.3 is 4.98 Å². The van der Waals surface area contributed by atoms with E-state index in [0.29, 0.717) is 26.3 Å². The Hall–Kier alpha value is -0.960. The van der Waals surface area contributed by atoms with Gasteiger partial charge in [0.25, 0.3) is 0 Å². The largest absolute Gasteiger partial charge is 0.322 e. The summed E-state index contributed by atoms with van der Waals surface area (Å²) in [6, 6.07) is 8.00. The van der Waals surface area contributed by atoms with Crippen LogP contribution in [0, 0.1) is 0 Å². The van der Waals surface area contributed by atoms with E-state index in [1.807, 2.05) is 0 Å². The number of hydrogen-bond acceptors (Lipinski definition) is 1. The fourth-order valence-corrected chi connectivity index (χ4v) is 2.06. The summed E-state index contributed by atoms with van der Waals surface area (Å²) in [6.45, 7) is 0. The zero-order valence-electron chi connectivity index (χ0n) is 7.93. The summed E-state index contributed by atoms with van der Waals surface area (Å²) < 4.78 is 0. The van der Waals surface area contributed by atoms with Crippen molar-refractivity contribution in [2.24, 2.45) is 0 Å². The normalized spacial score (nSPS) is 10.4. The minimum atomic E-state index is -0.204. The Morgan fingerprint density at radius 2 is 1.81 bits per heavy atom. The first kappa shape index (κ1) is 11.5. The molecule has 0 radical (unpaired) electrons. The predicted molar refractivity (Wildman–Crippen MR) is 67.5 cm³/mol. The lowest BCUT2D eigenvalue weighted by Gasteiger charge is -2.06. The summed E-state index contributed by atoms with van der Waals surface area (Å²) in [7, 11) is 0. The standard InChI is InChI=1S/C11H6Cl3NO/c12-6-4-7(11(14)8(13)5-6)9-2-1-3-10(16)15-9/h1-5H,(H,15,16). The van der Waals surface area contributed by atoms with Crippen molar-refractivity contribution in [3.63, 3.8) is 0 Å². The van der Waals surface area contributed by atoms with E-state index in [2.05, 4.69) is 4.98 Å². The van der Waals surface area contributed by atoms with Gasteiger partial charge in [-0.05, 0) is 18.2 Å². The van der Waals surface area contributed by atoms with Crippen LogP contribution in [0.25, 0.3) is 11.3 Å². The Morgan fingerprint density at radius 3 is 2.50 bits per heavy atom. The number of hydrogen-bond donors (Lipinski definition) is 1. The number of H-pyrrole nitrogens is 1. The molecule has 1 N–H and O–H groups in total. The average molecular weight is 275 g/mol. The molecule has 2 aromatic rings. The van der Waals surface area contributed by atoms with Crippen molar-refractivity contribution in [3.05, 3.63) is 55.8 Å². The van der Waals surface area contributed by atoms with Gasteiger partial charge in [0.05, 0.1) is 10.0 Å². The molecule has 2 nitrogen and oxygen atoms in total. The first-order valence-corrected chi connectivity index (χ1v) is 5.55. The molecule has 0 bridgehead atoms. The molecule has 1 heterocycles. The first-order valence-electron chi connectivity index (χ1n) is 4.42. The van der Waals surface area contributed by atoms with Crippen LogP contribution in [0.2, 0.25) is 15.1 Å². The molecule has 16 heavy (non-hydrogen) atoms. The summed E-state index contributed by atoms with van der Waals surface area (Å²) in [5.74, 6) is 0. The maximum absolute atomic E-state index is 11.2. The predicted octanol–water partition coefficient (Wildman–Crippen LogP) is 4.00. The molecule has 5 heteroatoms. The molecular weight excluding hydrogens is 268 g/mol. The quantitative estimate of drug-likeness (QED) is 0.783. The van der Waals surface area contributed by atoms with Gasteiger partial charge in [-0.2, -0.15) is 0 Å². The van der Waals surface area contributed by atoms with Crippen molar-refractivity contribution in [2.45, 2.75) is 0 Å². The van der Waals surface area contributed by atoms with Crippen molar-refractivity contribution in [2.75, 3.05) is 0 Å². The highest BCUT2D eigenvalue weighted by atomic mass is 35.5. The Morgan fingerprint density at radius 1 is 1.06 bits per heavy atom. The van der Waals surface area contributed by atoms with E-state index < -0.39 is 0 Å². The highest BCUT2D eigenvalue weighted by Gasteiger charge is 2.09. The molecule has 0 unspecified atom stereocenters. The summed E-state index contributed by atoms with van der Waals surface area (Å²) in [5.41, 5.74) is 0.989. The highest BCUT2D eigenvalue weighted by Crippen LogP contribution is 2.35. The Kier molecular flexibility index (Phi) is 3.24. The van der Waals surface area contributed by atoms with E-state index >= 15 is 0 Å². The molecule has 0 spiro atoms. The van der Waals surface area contributed by atoms with Crippen LogP contribution < -0.4 is 5.56 Å². The molecule has 0 aliphatic rings. The van der Waals surface area contributed by atoms with Crippen LogP contribution in [0.1, 0.15) is 0 Å². The maximum atomic E-state index is 11.2. The monoisotopic (exact) mass is 273 g/mol. The van der Waals surface area contributed by atoms with E-state index in [4.69, 9.17) is 34.8 Å². The molecular formula is C11H6Cl3NO. The second-order valence-corrected chi connectivity index (χ2v) is 4.40. The smallest absolute Gasteiger partial charge is 0.248 e. The molecule has 1 aromatic heterocycles. The molecule has 0 fully saturated rings. The van der Waals surface area contributed by atoms with Gasteiger partial charge in [-0.25, -0.2) is 0 Å². The summed E-state index contributed by atoms with van der Waals surface area (Å²) in [6.07, 6.45) is 0. The molecule has 0 atom stereocenters. The third kappa shape index (κ3) is 2.24. The zero-order chi connectivity index (χ0) is 11.7. The topological polar surface area (TPSA) is 32.9 Å². The molecule has 0 saturated heterocycles. The Balaban J connectivity index is 2.69. The van der Waals surface area contributed by atoms with E-state index in [0.717, 1.165) is 0 Å².